The Labute approximate surface area is 160 Å². The summed E-state index contributed by atoms with van der Waals surface area (Å²) in [6.45, 7) is -0.159. The molecule has 0 saturated carbocycles. The van der Waals surface area contributed by atoms with Crippen LogP contribution in [0, 0.1) is 0 Å². The van der Waals surface area contributed by atoms with E-state index in [2.05, 4.69) is 19.5 Å². The Morgan fingerprint density at radius 3 is 2.79 bits per heavy atom. The second-order valence-corrected chi connectivity index (χ2v) is 7.64. The van der Waals surface area contributed by atoms with Gasteiger partial charge in [-0.3, -0.25) is 9.09 Å². The lowest BCUT2D eigenvalue weighted by atomic mass is 10.2. The van der Waals surface area contributed by atoms with E-state index in [1.54, 1.807) is 6.33 Å². The first-order chi connectivity index (χ1) is 13.5. The number of rotatable bonds is 6. The summed E-state index contributed by atoms with van der Waals surface area (Å²) >= 11 is 0. The number of benzene rings is 1. The first kappa shape index (κ1) is 18.9. The van der Waals surface area contributed by atoms with Gasteiger partial charge in [-0.25, -0.2) is 19.5 Å². The molecule has 1 aromatic carbocycles. The minimum absolute atomic E-state index is 0.159. The van der Waals surface area contributed by atoms with Crippen molar-refractivity contribution in [2.75, 3.05) is 6.61 Å². The number of aromatic nitrogens is 4. The molecule has 10 heteroatoms. The van der Waals surface area contributed by atoms with Crippen molar-refractivity contribution in [1.82, 2.24) is 19.5 Å². The van der Waals surface area contributed by atoms with Crippen LogP contribution in [-0.2, 0) is 13.8 Å². The van der Waals surface area contributed by atoms with Crippen molar-refractivity contribution >= 4 is 31.1 Å². The van der Waals surface area contributed by atoms with Crippen LogP contribution in [0.4, 0.5) is 0 Å². The van der Waals surface area contributed by atoms with E-state index in [0.717, 1.165) is 5.56 Å². The topological polar surface area (TPSA) is 120 Å². The van der Waals surface area contributed by atoms with Crippen molar-refractivity contribution in [3.8, 4) is 0 Å². The number of fused-ring (bicyclic) bond motifs is 1. The Bertz CT molecular complexity index is 1030. The van der Waals surface area contributed by atoms with Gasteiger partial charge >= 0.3 is 7.82 Å². The maximum Gasteiger partial charge on any atom is 0.469 e. The number of imidazole rings is 1. The van der Waals surface area contributed by atoms with Crippen molar-refractivity contribution in [3.05, 3.63) is 54.2 Å². The smallest absolute Gasteiger partial charge is 0.352 e. The zero-order chi connectivity index (χ0) is 19.6. The fraction of sp³-hybridized carbons (Fsp3) is 0.278. The molecule has 3 aromatic rings. The van der Waals surface area contributed by atoms with Gasteiger partial charge in [0, 0.05) is 0 Å². The van der Waals surface area contributed by atoms with Gasteiger partial charge in [0.15, 0.2) is 5.65 Å². The molecule has 2 atom stereocenters. The molecule has 2 aromatic heterocycles. The molecule has 0 bridgehead atoms. The predicted molar refractivity (Wildman–Crippen MR) is 102 cm³/mol. The molecule has 0 unspecified atom stereocenters. The lowest BCUT2D eigenvalue weighted by molar-refractivity contribution is -0.0205. The van der Waals surface area contributed by atoms with Gasteiger partial charge in [-0.2, -0.15) is 0 Å². The highest BCUT2D eigenvalue weighted by molar-refractivity contribution is 7.46. The molecule has 1 aliphatic rings. The zero-order valence-corrected chi connectivity index (χ0v) is 15.7. The van der Waals surface area contributed by atoms with E-state index < -0.39 is 13.9 Å². The molecule has 3 heterocycles. The van der Waals surface area contributed by atoms with Crippen LogP contribution in [0.1, 0.15) is 30.3 Å². The standard InChI is InChI=1S/C18H19N4O5P/c23-28(24,25)26-10-14-7-9-16(27-14)22-12-21-17-15(19-11-20-18(17)22)8-6-13-4-2-1-3-5-13/h1-6,8,11-12,14,16H,7,9-10H2,(H2,23,24,25)/b8-6+/t14-,16+/m0/s1. The first-order valence-corrected chi connectivity index (χ1v) is 10.3. The summed E-state index contributed by atoms with van der Waals surface area (Å²) in [6.07, 6.45) is 7.55. The highest BCUT2D eigenvalue weighted by Crippen LogP contribution is 2.38. The number of ether oxygens (including phenoxy) is 1. The van der Waals surface area contributed by atoms with E-state index >= 15 is 0 Å². The predicted octanol–water partition coefficient (Wildman–Crippen LogP) is 2.78. The molecule has 4 rings (SSSR count). The molecule has 1 saturated heterocycles. The third kappa shape index (κ3) is 4.35. The van der Waals surface area contributed by atoms with Gasteiger partial charge in [-0.05, 0) is 24.5 Å². The lowest BCUT2D eigenvalue weighted by Gasteiger charge is -2.15. The molecule has 1 aliphatic heterocycles. The van der Waals surface area contributed by atoms with Gasteiger partial charge in [0.2, 0.25) is 0 Å². The summed E-state index contributed by atoms with van der Waals surface area (Å²) in [6, 6.07) is 9.89. The molecule has 0 radical (unpaired) electrons. The molecule has 28 heavy (non-hydrogen) atoms. The minimum Gasteiger partial charge on any atom is -0.352 e. The van der Waals surface area contributed by atoms with Crippen LogP contribution in [0.25, 0.3) is 23.3 Å². The summed E-state index contributed by atoms with van der Waals surface area (Å²) in [5, 5.41) is 0. The Morgan fingerprint density at radius 1 is 1.18 bits per heavy atom. The Balaban J connectivity index is 1.52. The third-order valence-corrected chi connectivity index (χ3v) is 4.93. The van der Waals surface area contributed by atoms with Crippen molar-refractivity contribution in [1.29, 1.82) is 0 Å². The second-order valence-electron chi connectivity index (χ2n) is 6.40. The molecule has 9 nitrogen and oxygen atoms in total. The van der Waals surface area contributed by atoms with Gasteiger partial charge in [0.05, 0.1) is 24.7 Å². The molecular formula is C18H19N4O5P. The maximum absolute atomic E-state index is 10.9. The summed E-state index contributed by atoms with van der Waals surface area (Å²) < 4.78 is 23.1. The average molecular weight is 402 g/mol. The average Bonchev–Trinajstić information content (AvgIpc) is 3.32. The molecule has 2 N–H and O–H groups in total. The van der Waals surface area contributed by atoms with Gasteiger partial charge < -0.3 is 14.5 Å². The number of phosphoric acid groups is 1. The highest BCUT2D eigenvalue weighted by atomic mass is 31.2. The second kappa shape index (κ2) is 7.90. The van der Waals surface area contributed by atoms with E-state index in [1.807, 2.05) is 47.1 Å². The van der Waals surface area contributed by atoms with Crippen LogP contribution in [-0.4, -0.2) is 42.0 Å². The van der Waals surface area contributed by atoms with Gasteiger partial charge in [-0.15, -0.1) is 0 Å². The quantitative estimate of drug-likeness (QED) is 0.604. The molecule has 0 amide bonds. The Kier molecular flexibility index (Phi) is 5.34. The van der Waals surface area contributed by atoms with Crippen LogP contribution in [0.2, 0.25) is 0 Å². The van der Waals surface area contributed by atoms with Crippen LogP contribution in [0.3, 0.4) is 0 Å². The summed E-state index contributed by atoms with van der Waals surface area (Å²) in [7, 11) is -4.50. The lowest BCUT2D eigenvalue weighted by Crippen LogP contribution is -2.16. The van der Waals surface area contributed by atoms with Gasteiger partial charge in [-0.1, -0.05) is 36.4 Å². The number of phosphoric ester groups is 1. The first-order valence-electron chi connectivity index (χ1n) is 8.76. The van der Waals surface area contributed by atoms with E-state index in [9.17, 15) is 4.57 Å². The van der Waals surface area contributed by atoms with E-state index in [1.165, 1.54) is 6.33 Å². The normalized spacial score (nSPS) is 20.4. The van der Waals surface area contributed by atoms with E-state index in [-0.39, 0.29) is 12.8 Å². The summed E-state index contributed by atoms with van der Waals surface area (Å²) in [5.41, 5.74) is 3.06. The molecule has 146 valence electrons. The van der Waals surface area contributed by atoms with Crippen molar-refractivity contribution in [3.63, 3.8) is 0 Å². The van der Waals surface area contributed by atoms with E-state index in [0.29, 0.717) is 29.7 Å². The summed E-state index contributed by atoms with van der Waals surface area (Å²) in [5.74, 6) is 0. The monoisotopic (exact) mass is 402 g/mol. The van der Waals surface area contributed by atoms with E-state index in [4.69, 9.17) is 14.5 Å². The van der Waals surface area contributed by atoms with Crippen LogP contribution in [0.5, 0.6) is 0 Å². The maximum atomic E-state index is 10.9. The minimum atomic E-state index is -4.50. The fourth-order valence-electron chi connectivity index (χ4n) is 3.14. The SMILES string of the molecule is O=P(O)(O)OC[C@@H]1CC[C@H](n2cnc3c(/C=C/c4ccccc4)ncnc32)O1. The van der Waals surface area contributed by atoms with Gasteiger partial charge in [0.25, 0.3) is 0 Å². The Hall–Kier alpha value is -2.42. The largest absolute Gasteiger partial charge is 0.469 e. The Morgan fingerprint density at radius 2 is 2.00 bits per heavy atom. The summed E-state index contributed by atoms with van der Waals surface area (Å²) in [4.78, 5) is 30.7. The number of nitrogens with zero attached hydrogens (tertiary/aromatic N) is 4. The van der Waals surface area contributed by atoms with Gasteiger partial charge in [0.1, 0.15) is 18.1 Å². The van der Waals surface area contributed by atoms with Crippen LogP contribution < -0.4 is 0 Å². The van der Waals surface area contributed by atoms with Crippen LogP contribution in [0.15, 0.2) is 43.0 Å². The highest BCUT2D eigenvalue weighted by Gasteiger charge is 2.30. The molecule has 1 fully saturated rings. The fourth-order valence-corrected chi connectivity index (χ4v) is 3.50. The van der Waals surface area contributed by atoms with Crippen molar-refractivity contribution in [2.45, 2.75) is 25.2 Å². The molecular weight excluding hydrogens is 383 g/mol. The third-order valence-electron chi connectivity index (χ3n) is 4.44. The molecule has 0 aliphatic carbocycles. The number of hydrogen-bond donors (Lipinski definition) is 2. The molecule has 0 spiro atoms. The number of hydrogen-bond acceptors (Lipinski definition) is 6. The van der Waals surface area contributed by atoms with Crippen molar-refractivity contribution in [2.24, 2.45) is 0 Å². The zero-order valence-electron chi connectivity index (χ0n) is 14.8. The van der Waals surface area contributed by atoms with Crippen LogP contribution >= 0.6 is 7.82 Å². The van der Waals surface area contributed by atoms with Crippen molar-refractivity contribution < 1.29 is 23.6 Å².